The Kier molecular flexibility index (Phi) is 4.83. The Hall–Kier alpha value is -1.51. The topological polar surface area (TPSA) is 21.3 Å². The third-order valence-electron chi connectivity index (χ3n) is 3.03. The summed E-state index contributed by atoms with van der Waals surface area (Å²) in [6.45, 7) is 2.66. The van der Waals surface area contributed by atoms with Gasteiger partial charge in [0.05, 0.1) is 12.6 Å². The molecule has 2 aromatic rings. The van der Waals surface area contributed by atoms with Crippen molar-refractivity contribution in [3.63, 3.8) is 0 Å². The zero-order chi connectivity index (χ0) is 13.7. The number of hydrogen-bond acceptors (Lipinski definition) is 2. The molecule has 0 spiro atoms. The van der Waals surface area contributed by atoms with Gasteiger partial charge in [-0.2, -0.15) is 0 Å². The van der Waals surface area contributed by atoms with Crippen molar-refractivity contribution < 1.29 is 4.74 Å². The van der Waals surface area contributed by atoms with Crippen LogP contribution in [0.5, 0.6) is 5.75 Å². The van der Waals surface area contributed by atoms with E-state index in [2.05, 4.69) is 17.4 Å². The van der Waals surface area contributed by atoms with Gasteiger partial charge in [0.2, 0.25) is 0 Å². The highest BCUT2D eigenvalue weighted by atomic mass is 35.5. The SMILES string of the molecule is CCOc1ccc(C(NC)c2ccccc2Cl)cc1. The summed E-state index contributed by atoms with van der Waals surface area (Å²) in [7, 11) is 1.93. The number of hydrogen-bond donors (Lipinski definition) is 1. The Morgan fingerprint density at radius 3 is 2.37 bits per heavy atom. The van der Waals surface area contributed by atoms with Gasteiger partial charge in [0, 0.05) is 5.02 Å². The minimum Gasteiger partial charge on any atom is -0.494 e. The summed E-state index contributed by atoms with van der Waals surface area (Å²) < 4.78 is 5.46. The molecule has 1 unspecified atom stereocenters. The summed E-state index contributed by atoms with van der Waals surface area (Å²) in [5.74, 6) is 0.889. The van der Waals surface area contributed by atoms with Gasteiger partial charge in [-0.25, -0.2) is 0 Å². The molecular weight excluding hydrogens is 258 g/mol. The molecule has 0 saturated carbocycles. The molecule has 0 radical (unpaired) electrons. The van der Waals surface area contributed by atoms with E-state index in [0.29, 0.717) is 6.61 Å². The second-order valence-corrected chi connectivity index (χ2v) is 4.65. The fourth-order valence-electron chi connectivity index (χ4n) is 2.13. The number of benzene rings is 2. The van der Waals surface area contributed by atoms with Crippen molar-refractivity contribution >= 4 is 11.6 Å². The van der Waals surface area contributed by atoms with Crippen LogP contribution in [0.25, 0.3) is 0 Å². The molecule has 100 valence electrons. The van der Waals surface area contributed by atoms with E-state index in [1.165, 1.54) is 5.56 Å². The van der Waals surface area contributed by atoms with Gasteiger partial charge in [0.25, 0.3) is 0 Å². The second-order valence-electron chi connectivity index (χ2n) is 4.25. The molecule has 3 heteroatoms. The third kappa shape index (κ3) is 3.28. The maximum absolute atomic E-state index is 6.26. The van der Waals surface area contributed by atoms with Gasteiger partial charge in [-0.1, -0.05) is 41.9 Å². The van der Waals surface area contributed by atoms with E-state index in [1.54, 1.807) is 0 Å². The molecule has 1 atom stereocenters. The number of ether oxygens (including phenoxy) is 1. The number of halogens is 1. The molecule has 0 aliphatic heterocycles. The van der Waals surface area contributed by atoms with E-state index in [9.17, 15) is 0 Å². The zero-order valence-corrected chi connectivity index (χ0v) is 11.9. The molecule has 19 heavy (non-hydrogen) atoms. The molecule has 2 rings (SSSR count). The first-order valence-electron chi connectivity index (χ1n) is 6.40. The van der Waals surface area contributed by atoms with Gasteiger partial charge in [-0.15, -0.1) is 0 Å². The highest BCUT2D eigenvalue weighted by Crippen LogP contribution is 2.28. The molecule has 1 N–H and O–H groups in total. The van der Waals surface area contributed by atoms with Crippen molar-refractivity contribution in [2.45, 2.75) is 13.0 Å². The van der Waals surface area contributed by atoms with Gasteiger partial charge >= 0.3 is 0 Å². The van der Waals surface area contributed by atoms with E-state index in [1.807, 2.05) is 50.4 Å². The zero-order valence-electron chi connectivity index (χ0n) is 11.2. The first-order valence-corrected chi connectivity index (χ1v) is 6.78. The van der Waals surface area contributed by atoms with Crippen LogP contribution in [0.3, 0.4) is 0 Å². The monoisotopic (exact) mass is 275 g/mol. The maximum atomic E-state index is 6.26. The van der Waals surface area contributed by atoms with E-state index >= 15 is 0 Å². The Bertz CT molecular complexity index is 525. The standard InChI is InChI=1S/C16H18ClNO/c1-3-19-13-10-8-12(9-11-13)16(18-2)14-6-4-5-7-15(14)17/h4-11,16,18H,3H2,1-2H3. The normalized spacial score (nSPS) is 12.2. The lowest BCUT2D eigenvalue weighted by Gasteiger charge is -2.18. The predicted molar refractivity (Wildman–Crippen MR) is 80.0 cm³/mol. The van der Waals surface area contributed by atoms with Gasteiger partial charge in [-0.05, 0) is 43.3 Å². The summed E-state index contributed by atoms with van der Waals surface area (Å²) in [4.78, 5) is 0. The highest BCUT2D eigenvalue weighted by Gasteiger charge is 2.14. The Morgan fingerprint density at radius 1 is 1.11 bits per heavy atom. The second kappa shape index (κ2) is 6.60. The summed E-state index contributed by atoms with van der Waals surface area (Å²) in [6, 6.07) is 16.1. The quantitative estimate of drug-likeness (QED) is 0.889. The van der Waals surface area contributed by atoms with Crippen molar-refractivity contribution in [3.05, 3.63) is 64.7 Å². The largest absolute Gasteiger partial charge is 0.494 e. The van der Waals surface area contributed by atoms with Crippen LogP contribution in [0.4, 0.5) is 0 Å². The van der Waals surface area contributed by atoms with Crippen molar-refractivity contribution in [2.24, 2.45) is 0 Å². The molecule has 0 saturated heterocycles. The first kappa shape index (κ1) is 13.9. The lowest BCUT2D eigenvalue weighted by atomic mass is 9.99. The Morgan fingerprint density at radius 2 is 1.79 bits per heavy atom. The molecule has 2 nitrogen and oxygen atoms in total. The van der Waals surface area contributed by atoms with Crippen LogP contribution in [-0.4, -0.2) is 13.7 Å². The van der Waals surface area contributed by atoms with E-state index in [-0.39, 0.29) is 6.04 Å². The Labute approximate surface area is 119 Å². The van der Waals surface area contributed by atoms with Crippen LogP contribution in [0.15, 0.2) is 48.5 Å². The van der Waals surface area contributed by atoms with Crippen LogP contribution in [0, 0.1) is 0 Å². The third-order valence-corrected chi connectivity index (χ3v) is 3.37. The maximum Gasteiger partial charge on any atom is 0.119 e. The predicted octanol–water partition coefficient (Wildman–Crippen LogP) is 4.05. The molecule has 0 aromatic heterocycles. The first-order chi connectivity index (χ1) is 9.26. The van der Waals surface area contributed by atoms with Crippen LogP contribution in [0.1, 0.15) is 24.1 Å². The number of rotatable bonds is 5. The van der Waals surface area contributed by atoms with E-state index < -0.39 is 0 Å². The van der Waals surface area contributed by atoms with Crippen LogP contribution >= 0.6 is 11.6 Å². The molecular formula is C16H18ClNO. The molecule has 0 amide bonds. The van der Waals surface area contributed by atoms with E-state index in [0.717, 1.165) is 16.3 Å². The molecule has 0 fully saturated rings. The molecule has 0 aliphatic carbocycles. The minimum atomic E-state index is 0.0874. The highest BCUT2D eigenvalue weighted by molar-refractivity contribution is 6.31. The fraction of sp³-hybridized carbons (Fsp3) is 0.250. The Balaban J connectivity index is 2.29. The lowest BCUT2D eigenvalue weighted by Crippen LogP contribution is -2.17. The number of nitrogens with one attached hydrogen (secondary N) is 1. The molecule has 0 heterocycles. The molecule has 0 bridgehead atoms. The summed E-state index contributed by atoms with van der Waals surface area (Å²) in [6.07, 6.45) is 0. The van der Waals surface area contributed by atoms with Gasteiger partial charge in [0.15, 0.2) is 0 Å². The van der Waals surface area contributed by atoms with Gasteiger partial charge < -0.3 is 10.1 Å². The van der Waals surface area contributed by atoms with Crippen molar-refractivity contribution in [3.8, 4) is 5.75 Å². The van der Waals surface area contributed by atoms with Crippen LogP contribution in [0.2, 0.25) is 5.02 Å². The lowest BCUT2D eigenvalue weighted by molar-refractivity contribution is 0.340. The smallest absolute Gasteiger partial charge is 0.119 e. The average molecular weight is 276 g/mol. The molecule has 2 aromatic carbocycles. The van der Waals surface area contributed by atoms with Crippen molar-refractivity contribution in [2.75, 3.05) is 13.7 Å². The van der Waals surface area contributed by atoms with Gasteiger partial charge in [0.1, 0.15) is 5.75 Å². The average Bonchev–Trinajstić information content (AvgIpc) is 2.44. The van der Waals surface area contributed by atoms with Crippen molar-refractivity contribution in [1.29, 1.82) is 0 Å². The molecule has 0 aliphatic rings. The minimum absolute atomic E-state index is 0.0874. The van der Waals surface area contributed by atoms with Crippen LogP contribution in [-0.2, 0) is 0 Å². The van der Waals surface area contributed by atoms with Crippen LogP contribution < -0.4 is 10.1 Å². The summed E-state index contributed by atoms with van der Waals surface area (Å²) >= 11 is 6.26. The summed E-state index contributed by atoms with van der Waals surface area (Å²) in [5.41, 5.74) is 2.25. The van der Waals surface area contributed by atoms with Crippen molar-refractivity contribution in [1.82, 2.24) is 5.32 Å². The van der Waals surface area contributed by atoms with E-state index in [4.69, 9.17) is 16.3 Å². The van der Waals surface area contributed by atoms with Gasteiger partial charge in [-0.3, -0.25) is 0 Å². The fourth-order valence-corrected chi connectivity index (χ4v) is 2.38. The summed E-state index contributed by atoms with van der Waals surface area (Å²) in [5, 5.41) is 4.08.